The molecule has 0 aromatic heterocycles. The SMILES string of the molecule is CC.CC1CCC2C(=O)NC(=O)N2C1. The van der Waals surface area contributed by atoms with Crippen LogP contribution in [0.5, 0.6) is 0 Å². The van der Waals surface area contributed by atoms with Crippen LogP contribution in [0.1, 0.15) is 33.6 Å². The summed E-state index contributed by atoms with van der Waals surface area (Å²) in [7, 11) is 0. The van der Waals surface area contributed by atoms with Crippen molar-refractivity contribution in [3.05, 3.63) is 0 Å². The van der Waals surface area contributed by atoms with E-state index in [4.69, 9.17) is 0 Å². The van der Waals surface area contributed by atoms with Gasteiger partial charge in [-0.05, 0) is 18.8 Å². The molecule has 2 unspecified atom stereocenters. The number of imide groups is 1. The van der Waals surface area contributed by atoms with Crippen LogP contribution in [-0.4, -0.2) is 29.4 Å². The molecule has 80 valence electrons. The van der Waals surface area contributed by atoms with E-state index >= 15 is 0 Å². The maximum absolute atomic E-state index is 11.2. The monoisotopic (exact) mass is 198 g/mol. The van der Waals surface area contributed by atoms with Gasteiger partial charge in [0.15, 0.2) is 0 Å². The van der Waals surface area contributed by atoms with Gasteiger partial charge in [-0.25, -0.2) is 4.79 Å². The third-order valence-corrected chi connectivity index (χ3v) is 2.61. The Balaban J connectivity index is 0.000000461. The molecule has 2 saturated heterocycles. The van der Waals surface area contributed by atoms with Crippen LogP contribution < -0.4 is 5.32 Å². The predicted molar refractivity (Wildman–Crippen MR) is 53.8 cm³/mol. The Morgan fingerprint density at radius 1 is 1.29 bits per heavy atom. The molecule has 0 aliphatic carbocycles. The molecule has 1 N–H and O–H groups in total. The molecule has 14 heavy (non-hydrogen) atoms. The fourth-order valence-electron chi connectivity index (χ4n) is 1.91. The number of nitrogens with zero attached hydrogens (tertiary/aromatic N) is 1. The van der Waals surface area contributed by atoms with Gasteiger partial charge in [0.05, 0.1) is 0 Å². The first kappa shape index (κ1) is 11.0. The molecule has 2 aliphatic heterocycles. The Morgan fingerprint density at radius 2 is 1.93 bits per heavy atom. The van der Waals surface area contributed by atoms with Crippen LogP contribution in [0.15, 0.2) is 0 Å². The molecular weight excluding hydrogens is 180 g/mol. The summed E-state index contributed by atoms with van der Waals surface area (Å²) in [5.74, 6) is 0.407. The van der Waals surface area contributed by atoms with Crippen LogP contribution in [0.4, 0.5) is 4.79 Å². The highest BCUT2D eigenvalue weighted by molar-refractivity contribution is 6.04. The van der Waals surface area contributed by atoms with Crippen molar-refractivity contribution >= 4 is 11.9 Å². The molecule has 2 rings (SSSR count). The van der Waals surface area contributed by atoms with Crippen molar-refractivity contribution in [3.63, 3.8) is 0 Å². The van der Waals surface area contributed by atoms with E-state index < -0.39 is 0 Å². The molecule has 0 saturated carbocycles. The fraction of sp³-hybridized carbons (Fsp3) is 0.800. The van der Waals surface area contributed by atoms with E-state index in [0.29, 0.717) is 5.92 Å². The maximum atomic E-state index is 11.2. The Kier molecular flexibility index (Phi) is 3.49. The summed E-state index contributed by atoms with van der Waals surface area (Å²) < 4.78 is 0. The van der Waals surface area contributed by atoms with Crippen LogP contribution in [0, 0.1) is 5.92 Å². The molecule has 2 atom stereocenters. The average molecular weight is 198 g/mol. The summed E-state index contributed by atoms with van der Waals surface area (Å²) in [5, 5.41) is 2.33. The highest BCUT2D eigenvalue weighted by atomic mass is 16.2. The van der Waals surface area contributed by atoms with E-state index in [9.17, 15) is 9.59 Å². The predicted octanol–water partition coefficient (Wildman–Crippen LogP) is 1.36. The van der Waals surface area contributed by atoms with E-state index in [0.717, 1.165) is 19.4 Å². The van der Waals surface area contributed by atoms with Gasteiger partial charge in [-0.1, -0.05) is 20.8 Å². The van der Waals surface area contributed by atoms with Gasteiger partial charge >= 0.3 is 6.03 Å². The van der Waals surface area contributed by atoms with Gasteiger partial charge in [-0.3, -0.25) is 10.1 Å². The number of carbonyl (C=O) groups excluding carboxylic acids is 2. The molecular formula is C10H18N2O2. The van der Waals surface area contributed by atoms with Crippen LogP contribution in [-0.2, 0) is 4.79 Å². The number of nitrogens with one attached hydrogen (secondary N) is 1. The van der Waals surface area contributed by atoms with Crippen LogP contribution >= 0.6 is 0 Å². The van der Waals surface area contributed by atoms with Gasteiger partial charge in [-0.15, -0.1) is 0 Å². The second-order valence-electron chi connectivity index (χ2n) is 3.65. The smallest absolute Gasteiger partial charge is 0.312 e. The molecule has 0 spiro atoms. The molecule has 4 heteroatoms. The first-order valence-corrected chi connectivity index (χ1v) is 5.30. The molecule has 4 nitrogen and oxygen atoms in total. The van der Waals surface area contributed by atoms with Gasteiger partial charge in [0.1, 0.15) is 6.04 Å². The second kappa shape index (κ2) is 4.44. The van der Waals surface area contributed by atoms with E-state index in [1.165, 1.54) is 0 Å². The summed E-state index contributed by atoms with van der Waals surface area (Å²) in [6.45, 7) is 6.83. The van der Waals surface area contributed by atoms with E-state index in [-0.39, 0.29) is 18.0 Å². The number of rotatable bonds is 0. The highest BCUT2D eigenvalue weighted by Gasteiger charge is 2.41. The lowest BCUT2D eigenvalue weighted by molar-refractivity contribution is -0.122. The number of fused-ring (bicyclic) bond motifs is 1. The van der Waals surface area contributed by atoms with Crippen LogP contribution in [0.25, 0.3) is 0 Å². The molecule has 2 heterocycles. The summed E-state index contributed by atoms with van der Waals surface area (Å²) in [6.07, 6.45) is 1.86. The number of amides is 3. The Bertz CT molecular complexity index is 240. The number of urea groups is 1. The van der Waals surface area contributed by atoms with Crippen molar-refractivity contribution in [2.45, 2.75) is 39.7 Å². The third-order valence-electron chi connectivity index (χ3n) is 2.61. The van der Waals surface area contributed by atoms with Crippen LogP contribution in [0.2, 0.25) is 0 Å². The molecule has 0 aromatic rings. The maximum Gasteiger partial charge on any atom is 0.324 e. The largest absolute Gasteiger partial charge is 0.324 e. The zero-order valence-corrected chi connectivity index (χ0v) is 9.04. The third kappa shape index (κ3) is 1.89. The van der Waals surface area contributed by atoms with Crippen molar-refractivity contribution < 1.29 is 9.59 Å². The number of piperidine rings is 1. The molecule has 0 aromatic carbocycles. The lowest BCUT2D eigenvalue weighted by Gasteiger charge is -2.30. The van der Waals surface area contributed by atoms with Gasteiger partial charge in [0.2, 0.25) is 0 Å². The lowest BCUT2D eigenvalue weighted by atomic mass is 9.95. The molecule has 0 radical (unpaired) electrons. The first-order valence-electron chi connectivity index (χ1n) is 5.30. The van der Waals surface area contributed by atoms with Crippen molar-refractivity contribution in [3.8, 4) is 0 Å². The summed E-state index contributed by atoms with van der Waals surface area (Å²) >= 11 is 0. The van der Waals surface area contributed by atoms with Crippen LogP contribution in [0.3, 0.4) is 0 Å². The molecule has 3 amide bonds. The summed E-state index contributed by atoms with van der Waals surface area (Å²) in [6, 6.07) is -0.384. The van der Waals surface area contributed by atoms with Gasteiger partial charge in [0.25, 0.3) is 5.91 Å². The van der Waals surface area contributed by atoms with Crippen molar-refractivity contribution in [1.82, 2.24) is 10.2 Å². The second-order valence-corrected chi connectivity index (χ2v) is 3.65. The lowest BCUT2D eigenvalue weighted by Crippen LogP contribution is -2.42. The fourth-order valence-corrected chi connectivity index (χ4v) is 1.91. The Labute approximate surface area is 84.7 Å². The average Bonchev–Trinajstić information content (AvgIpc) is 2.46. The topological polar surface area (TPSA) is 49.4 Å². The first-order chi connectivity index (χ1) is 6.68. The van der Waals surface area contributed by atoms with Crippen molar-refractivity contribution in [2.24, 2.45) is 5.92 Å². The zero-order chi connectivity index (χ0) is 10.7. The minimum Gasteiger partial charge on any atom is -0.312 e. The minimum atomic E-state index is -0.212. The zero-order valence-electron chi connectivity index (χ0n) is 9.04. The van der Waals surface area contributed by atoms with E-state index in [2.05, 4.69) is 12.2 Å². The Hall–Kier alpha value is -1.06. The molecule has 2 aliphatic rings. The van der Waals surface area contributed by atoms with Gasteiger partial charge in [-0.2, -0.15) is 0 Å². The minimum absolute atomic E-state index is 0.119. The van der Waals surface area contributed by atoms with Crippen molar-refractivity contribution in [2.75, 3.05) is 6.54 Å². The van der Waals surface area contributed by atoms with E-state index in [1.807, 2.05) is 13.8 Å². The number of hydrogen-bond acceptors (Lipinski definition) is 2. The van der Waals surface area contributed by atoms with Gasteiger partial charge < -0.3 is 4.90 Å². The van der Waals surface area contributed by atoms with E-state index in [1.54, 1.807) is 4.90 Å². The Morgan fingerprint density at radius 3 is 2.57 bits per heavy atom. The highest BCUT2D eigenvalue weighted by Crippen LogP contribution is 2.24. The standard InChI is InChI=1S/C8H12N2O2.C2H6/c1-5-2-3-6-7(11)9-8(12)10(6)4-5;1-2/h5-6H,2-4H2,1H3,(H,9,11,12);1-2H3. The molecule has 2 fully saturated rings. The van der Waals surface area contributed by atoms with Crippen molar-refractivity contribution in [1.29, 1.82) is 0 Å². The number of hydrogen-bond donors (Lipinski definition) is 1. The van der Waals surface area contributed by atoms with Gasteiger partial charge in [0, 0.05) is 6.54 Å². The quantitative estimate of drug-likeness (QED) is 0.597. The summed E-state index contributed by atoms with van der Waals surface area (Å²) in [4.78, 5) is 24.0. The molecule has 0 bridgehead atoms. The number of carbonyl (C=O) groups is 2. The summed E-state index contributed by atoms with van der Waals surface area (Å²) in [5.41, 5.74) is 0. The normalized spacial score (nSPS) is 30.4.